The maximum atomic E-state index is 13.3. The van der Waals surface area contributed by atoms with E-state index in [0.29, 0.717) is 34.3 Å². The summed E-state index contributed by atoms with van der Waals surface area (Å²) in [4.78, 5) is 32.6. The molecule has 1 amide bonds. The normalized spacial score (nSPS) is 15.9. The number of amides is 1. The average molecular weight is 477 g/mol. The molecule has 0 aliphatic carbocycles. The summed E-state index contributed by atoms with van der Waals surface area (Å²) in [5.74, 6) is -0.667. The summed E-state index contributed by atoms with van der Waals surface area (Å²) in [5.41, 5.74) is 1.18. The van der Waals surface area contributed by atoms with Crippen LogP contribution in [0.4, 0.5) is 5.13 Å². The number of thiazole rings is 1. The fourth-order valence-electron chi connectivity index (χ4n) is 3.95. The fourth-order valence-corrected chi connectivity index (χ4v) is 4.97. The Morgan fingerprint density at radius 3 is 2.76 bits per heavy atom. The number of ketones is 1. The molecule has 0 saturated heterocycles. The van der Waals surface area contributed by atoms with Gasteiger partial charge in [-0.05, 0) is 55.0 Å². The third kappa shape index (κ3) is 3.60. The van der Waals surface area contributed by atoms with Gasteiger partial charge in [0.1, 0.15) is 11.5 Å². The number of ether oxygens (including phenoxy) is 2. The third-order valence-electron chi connectivity index (χ3n) is 5.47. The molecule has 172 valence electrons. The van der Waals surface area contributed by atoms with Crippen molar-refractivity contribution in [1.82, 2.24) is 4.98 Å². The molecule has 9 heteroatoms. The molecule has 3 heterocycles. The molecule has 1 atom stereocenters. The summed E-state index contributed by atoms with van der Waals surface area (Å²) in [6.45, 7) is 2.42. The molecule has 0 saturated carbocycles. The summed E-state index contributed by atoms with van der Waals surface area (Å²) in [7, 11) is 1.53. The monoisotopic (exact) mass is 476 g/mol. The van der Waals surface area contributed by atoms with Crippen LogP contribution < -0.4 is 14.4 Å². The molecule has 0 fully saturated rings. The SMILES string of the molecule is CCOc1ccc2nc(N3C(=O)C(O)=C(C(=O)c4ccco4)C3c3cccc(OC)c3)sc2c1. The highest BCUT2D eigenvalue weighted by Crippen LogP contribution is 2.45. The number of carbonyl (C=O) groups is 2. The molecule has 0 spiro atoms. The molecule has 5 rings (SSSR count). The zero-order valence-corrected chi connectivity index (χ0v) is 19.2. The van der Waals surface area contributed by atoms with E-state index in [1.165, 1.54) is 35.7 Å². The predicted molar refractivity (Wildman–Crippen MR) is 127 cm³/mol. The van der Waals surface area contributed by atoms with Crippen LogP contribution in [-0.4, -0.2) is 35.5 Å². The standard InChI is InChI=1S/C25H20N2O6S/c1-3-32-16-9-10-17-19(13-16)34-25(26-17)27-21(14-6-4-7-15(12-14)31-2)20(23(29)24(27)30)22(28)18-8-5-11-33-18/h4-13,21,29H,3H2,1-2H3. The number of nitrogens with zero attached hydrogens (tertiary/aromatic N) is 2. The molecule has 1 N–H and O–H groups in total. The number of methoxy groups -OCH3 is 1. The number of Topliss-reactive ketones (excluding diaryl/α,β-unsaturated/α-hetero) is 1. The van der Waals surface area contributed by atoms with Crippen LogP contribution in [0.2, 0.25) is 0 Å². The van der Waals surface area contributed by atoms with Crippen LogP contribution in [0.15, 0.2) is 76.6 Å². The van der Waals surface area contributed by atoms with Gasteiger partial charge in [0.25, 0.3) is 5.91 Å². The first-order valence-electron chi connectivity index (χ1n) is 10.5. The minimum Gasteiger partial charge on any atom is -0.503 e. The Morgan fingerprint density at radius 2 is 2.03 bits per heavy atom. The largest absolute Gasteiger partial charge is 0.503 e. The lowest BCUT2D eigenvalue weighted by atomic mass is 9.95. The van der Waals surface area contributed by atoms with Gasteiger partial charge in [0.15, 0.2) is 16.7 Å². The first-order chi connectivity index (χ1) is 16.5. The second-order valence-corrected chi connectivity index (χ2v) is 8.49. The first kappa shape index (κ1) is 21.7. The number of aliphatic hydroxyl groups is 1. The van der Waals surface area contributed by atoms with Gasteiger partial charge in [0.2, 0.25) is 5.78 Å². The van der Waals surface area contributed by atoms with Gasteiger partial charge in [-0.1, -0.05) is 23.5 Å². The van der Waals surface area contributed by atoms with Gasteiger partial charge in [0, 0.05) is 0 Å². The minimum absolute atomic E-state index is 0.0229. The number of aliphatic hydroxyl groups excluding tert-OH is 1. The van der Waals surface area contributed by atoms with E-state index < -0.39 is 23.5 Å². The number of benzene rings is 2. The lowest BCUT2D eigenvalue weighted by molar-refractivity contribution is -0.117. The summed E-state index contributed by atoms with van der Waals surface area (Å²) < 4.78 is 17.0. The number of rotatable bonds is 7. The van der Waals surface area contributed by atoms with E-state index in [1.54, 1.807) is 30.3 Å². The molecular weight excluding hydrogens is 456 g/mol. The highest BCUT2D eigenvalue weighted by Gasteiger charge is 2.46. The van der Waals surface area contributed by atoms with Crippen LogP contribution in [0.5, 0.6) is 11.5 Å². The van der Waals surface area contributed by atoms with Gasteiger partial charge in [-0.15, -0.1) is 0 Å². The summed E-state index contributed by atoms with van der Waals surface area (Å²) in [5, 5.41) is 11.2. The van der Waals surface area contributed by atoms with Crippen molar-refractivity contribution in [3.05, 3.63) is 83.5 Å². The molecule has 2 aromatic heterocycles. The highest BCUT2D eigenvalue weighted by molar-refractivity contribution is 7.22. The molecule has 1 aliphatic rings. The predicted octanol–water partition coefficient (Wildman–Crippen LogP) is 5.08. The molecule has 0 bridgehead atoms. The lowest BCUT2D eigenvalue weighted by Gasteiger charge is -2.24. The van der Waals surface area contributed by atoms with E-state index in [4.69, 9.17) is 13.9 Å². The van der Waals surface area contributed by atoms with Crippen molar-refractivity contribution in [3.8, 4) is 11.5 Å². The zero-order chi connectivity index (χ0) is 23.8. The van der Waals surface area contributed by atoms with E-state index in [2.05, 4.69) is 4.98 Å². The molecule has 34 heavy (non-hydrogen) atoms. The molecule has 0 radical (unpaired) electrons. The number of hydrogen-bond acceptors (Lipinski definition) is 8. The number of fused-ring (bicyclic) bond motifs is 1. The van der Waals surface area contributed by atoms with Crippen molar-refractivity contribution in [1.29, 1.82) is 0 Å². The Bertz CT molecular complexity index is 1420. The topological polar surface area (TPSA) is 102 Å². The van der Waals surface area contributed by atoms with Crippen molar-refractivity contribution in [2.24, 2.45) is 0 Å². The lowest BCUT2D eigenvalue weighted by Crippen LogP contribution is -2.31. The van der Waals surface area contributed by atoms with Gasteiger partial charge in [0.05, 0.1) is 41.8 Å². The molecule has 1 unspecified atom stereocenters. The van der Waals surface area contributed by atoms with Crippen LogP contribution in [0, 0.1) is 0 Å². The second-order valence-electron chi connectivity index (χ2n) is 7.48. The van der Waals surface area contributed by atoms with Crippen molar-refractivity contribution < 1.29 is 28.6 Å². The maximum absolute atomic E-state index is 13.3. The highest BCUT2D eigenvalue weighted by atomic mass is 32.1. The molecular formula is C25H20N2O6S. The van der Waals surface area contributed by atoms with Gasteiger partial charge in [-0.2, -0.15) is 0 Å². The fraction of sp³-hybridized carbons (Fsp3) is 0.160. The third-order valence-corrected chi connectivity index (χ3v) is 6.49. The summed E-state index contributed by atoms with van der Waals surface area (Å²) >= 11 is 1.27. The number of carbonyl (C=O) groups excluding carboxylic acids is 2. The smallest absolute Gasteiger partial charge is 0.296 e. The van der Waals surface area contributed by atoms with E-state index >= 15 is 0 Å². The van der Waals surface area contributed by atoms with E-state index in [0.717, 1.165) is 4.70 Å². The molecule has 4 aromatic rings. The van der Waals surface area contributed by atoms with Gasteiger partial charge < -0.3 is 19.0 Å². The van der Waals surface area contributed by atoms with Crippen molar-refractivity contribution in [2.45, 2.75) is 13.0 Å². The van der Waals surface area contributed by atoms with E-state index in [1.807, 2.05) is 25.1 Å². The van der Waals surface area contributed by atoms with Gasteiger partial charge >= 0.3 is 0 Å². The number of hydrogen-bond donors (Lipinski definition) is 1. The maximum Gasteiger partial charge on any atom is 0.296 e. The van der Waals surface area contributed by atoms with Crippen molar-refractivity contribution >= 4 is 38.4 Å². The van der Waals surface area contributed by atoms with Crippen LogP contribution in [0.3, 0.4) is 0 Å². The molecule has 8 nitrogen and oxygen atoms in total. The quantitative estimate of drug-likeness (QED) is 0.371. The summed E-state index contributed by atoms with van der Waals surface area (Å²) in [6, 6.07) is 14.6. The van der Waals surface area contributed by atoms with Gasteiger partial charge in [-0.25, -0.2) is 4.98 Å². The Morgan fingerprint density at radius 1 is 1.18 bits per heavy atom. The van der Waals surface area contributed by atoms with Crippen LogP contribution in [-0.2, 0) is 4.79 Å². The van der Waals surface area contributed by atoms with Crippen molar-refractivity contribution in [2.75, 3.05) is 18.6 Å². The molecule has 2 aromatic carbocycles. The minimum atomic E-state index is -0.924. The molecule has 1 aliphatic heterocycles. The van der Waals surface area contributed by atoms with Crippen molar-refractivity contribution in [3.63, 3.8) is 0 Å². The van der Waals surface area contributed by atoms with Gasteiger partial charge in [-0.3, -0.25) is 14.5 Å². The zero-order valence-electron chi connectivity index (χ0n) is 18.3. The first-order valence-corrected chi connectivity index (χ1v) is 11.4. The number of furan rings is 1. The average Bonchev–Trinajstić information content (AvgIpc) is 3.58. The Labute approximate surface area is 198 Å². The summed E-state index contributed by atoms with van der Waals surface area (Å²) in [6.07, 6.45) is 1.36. The van der Waals surface area contributed by atoms with E-state index in [-0.39, 0.29) is 11.3 Å². The van der Waals surface area contributed by atoms with Crippen LogP contribution in [0.1, 0.15) is 29.1 Å². The van der Waals surface area contributed by atoms with Crippen LogP contribution >= 0.6 is 11.3 Å². The second kappa shape index (κ2) is 8.68. The van der Waals surface area contributed by atoms with Crippen LogP contribution in [0.25, 0.3) is 10.2 Å². The Kier molecular flexibility index (Phi) is 5.54. The Hall–Kier alpha value is -4.11. The van der Waals surface area contributed by atoms with E-state index in [9.17, 15) is 14.7 Å². The number of aromatic nitrogens is 1. The Balaban J connectivity index is 1.66. The number of anilines is 1.